The fourth-order valence-corrected chi connectivity index (χ4v) is 1.85. The number of rotatable bonds is 7. The second-order valence-electron chi connectivity index (χ2n) is 4.51. The van der Waals surface area contributed by atoms with Crippen molar-refractivity contribution in [3.63, 3.8) is 0 Å². The van der Waals surface area contributed by atoms with Gasteiger partial charge in [0, 0.05) is 5.92 Å². The van der Waals surface area contributed by atoms with Crippen LogP contribution in [0.25, 0.3) is 0 Å². The Morgan fingerprint density at radius 2 is 1.62 bits per heavy atom. The minimum atomic E-state index is 0.505. The van der Waals surface area contributed by atoms with E-state index in [0.29, 0.717) is 4.48 Å². The lowest BCUT2D eigenvalue weighted by Gasteiger charge is -2.26. The highest BCUT2D eigenvalue weighted by Crippen LogP contribution is 2.16. The zero-order valence-corrected chi connectivity index (χ0v) is 9.55. The normalized spacial score (nSPS) is 12.1. The molecule has 0 aromatic rings. The van der Waals surface area contributed by atoms with Gasteiger partial charge in [0.05, 0.1) is 20.6 Å². The van der Waals surface area contributed by atoms with Crippen LogP contribution in [0.3, 0.4) is 0 Å². The molecule has 0 fully saturated rings. The molecule has 0 aromatic heterocycles. The van der Waals surface area contributed by atoms with Crippen LogP contribution in [0.1, 0.15) is 39.5 Å². The predicted octanol–water partition coefficient (Wildman–Crippen LogP) is 2.44. The summed E-state index contributed by atoms with van der Waals surface area (Å²) in [5.41, 5.74) is 0. The predicted molar refractivity (Wildman–Crippen MR) is 56.3 cm³/mol. The number of amides is 1. The first-order chi connectivity index (χ1) is 6.05. The summed E-state index contributed by atoms with van der Waals surface area (Å²) in [5, 5.41) is 0. The zero-order valence-electron chi connectivity index (χ0n) is 9.55. The molecule has 78 valence electrons. The van der Waals surface area contributed by atoms with Crippen LogP contribution in [0, 0.1) is 5.92 Å². The highest BCUT2D eigenvalue weighted by Gasteiger charge is 2.20. The van der Waals surface area contributed by atoms with Crippen LogP contribution in [0.5, 0.6) is 0 Å². The Kier molecular flexibility index (Phi) is 5.97. The quantitative estimate of drug-likeness (QED) is 0.441. The molecular weight excluding hydrogens is 162 g/mol. The third kappa shape index (κ3) is 5.81. The Morgan fingerprint density at radius 1 is 1.15 bits per heavy atom. The molecule has 0 saturated heterocycles. The zero-order chi connectivity index (χ0) is 10.3. The van der Waals surface area contributed by atoms with E-state index in [-0.39, 0.29) is 0 Å². The molecule has 0 aromatic carbocycles. The van der Waals surface area contributed by atoms with Crippen LogP contribution in [-0.2, 0) is 4.79 Å². The number of hydrogen-bond donors (Lipinski definition) is 0. The molecule has 0 bridgehead atoms. The Labute approximate surface area is 82.5 Å². The van der Waals surface area contributed by atoms with Gasteiger partial charge in [0.15, 0.2) is 0 Å². The van der Waals surface area contributed by atoms with Crippen molar-refractivity contribution >= 4 is 6.41 Å². The van der Waals surface area contributed by atoms with Crippen LogP contribution in [0.15, 0.2) is 0 Å². The fourth-order valence-electron chi connectivity index (χ4n) is 1.85. The summed E-state index contributed by atoms with van der Waals surface area (Å²) in [5.74, 6) is 0.718. The second kappa shape index (κ2) is 6.14. The fraction of sp³-hybridized carbons (Fsp3) is 0.909. The summed E-state index contributed by atoms with van der Waals surface area (Å²) < 4.78 is 0.505. The van der Waals surface area contributed by atoms with Crippen molar-refractivity contribution in [2.24, 2.45) is 5.92 Å². The third-order valence-corrected chi connectivity index (χ3v) is 2.41. The largest absolute Gasteiger partial charge is 0.301 e. The first-order valence-electron chi connectivity index (χ1n) is 5.34. The molecular formula is C11H24NO+. The van der Waals surface area contributed by atoms with E-state index in [1.54, 1.807) is 0 Å². The summed E-state index contributed by atoms with van der Waals surface area (Å²) in [4.78, 5) is 10.7. The summed E-state index contributed by atoms with van der Waals surface area (Å²) in [6, 6.07) is 0. The smallest absolute Gasteiger partial charge is 0.268 e. The van der Waals surface area contributed by atoms with Gasteiger partial charge in [0.25, 0.3) is 0 Å². The lowest BCUT2D eigenvalue weighted by atomic mass is 9.97. The number of carbonyl (C=O) groups is 1. The molecule has 0 aliphatic heterocycles. The van der Waals surface area contributed by atoms with Crippen molar-refractivity contribution in [2.75, 3.05) is 20.6 Å². The van der Waals surface area contributed by atoms with Crippen LogP contribution >= 0.6 is 0 Å². The van der Waals surface area contributed by atoms with Crippen LogP contribution < -0.4 is 0 Å². The third-order valence-electron chi connectivity index (χ3n) is 2.41. The van der Waals surface area contributed by atoms with Crippen molar-refractivity contribution in [3.8, 4) is 0 Å². The molecule has 0 rings (SSSR count). The number of carbonyl (C=O) groups excluding carboxylic acids is 1. The minimum Gasteiger partial charge on any atom is -0.268 e. The average molecular weight is 186 g/mol. The minimum absolute atomic E-state index is 0.505. The maximum Gasteiger partial charge on any atom is 0.301 e. The Hall–Kier alpha value is -0.370. The number of hydrogen-bond acceptors (Lipinski definition) is 1. The summed E-state index contributed by atoms with van der Waals surface area (Å²) in [6.45, 7) is 5.42. The van der Waals surface area contributed by atoms with E-state index in [4.69, 9.17) is 0 Å². The molecule has 0 spiro atoms. The van der Waals surface area contributed by atoms with Crippen molar-refractivity contribution < 1.29 is 9.28 Å². The number of nitrogens with zero attached hydrogens (tertiary/aromatic N) is 1. The molecule has 0 aliphatic rings. The van der Waals surface area contributed by atoms with Gasteiger partial charge in [-0.3, -0.25) is 4.48 Å². The highest BCUT2D eigenvalue weighted by molar-refractivity contribution is 5.36. The van der Waals surface area contributed by atoms with Gasteiger partial charge in [0.1, 0.15) is 0 Å². The highest BCUT2D eigenvalue weighted by atomic mass is 16.1. The molecule has 13 heavy (non-hydrogen) atoms. The van der Waals surface area contributed by atoms with Gasteiger partial charge in [-0.2, -0.15) is 0 Å². The van der Waals surface area contributed by atoms with E-state index >= 15 is 0 Å². The molecule has 2 nitrogen and oxygen atoms in total. The monoisotopic (exact) mass is 186 g/mol. The van der Waals surface area contributed by atoms with Gasteiger partial charge in [-0.05, 0) is 12.8 Å². The van der Waals surface area contributed by atoms with Gasteiger partial charge >= 0.3 is 6.41 Å². The average Bonchev–Trinajstić information content (AvgIpc) is 2.05. The van der Waals surface area contributed by atoms with E-state index in [1.807, 2.05) is 14.1 Å². The first-order valence-corrected chi connectivity index (χ1v) is 5.34. The summed E-state index contributed by atoms with van der Waals surface area (Å²) >= 11 is 0. The maximum atomic E-state index is 10.7. The Bertz CT molecular complexity index is 137. The van der Waals surface area contributed by atoms with E-state index in [9.17, 15) is 4.79 Å². The summed E-state index contributed by atoms with van der Waals surface area (Å²) in [7, 11) is 3.96. The maximum absolute atomic E-state index is 10.7. The SMILES string of the molecule is CCCC(CCC)C[N+](C)(C)C=O. The van der Waals surface area contributed by atoms with E-state index < -0.39 is 0 Å². The molecule has 0 unspecified atom stereocenters. The lowest BCUT2D eigenvalue weighted by Crippen LogP contribution is -2.42. The Balaban J connectivity index is 3.99. The molecule has 0 aliphatic carbocycles. The summed E-state index contributed by atoms with van der Waals surface area (Å²) in [6.07, 6.45) is 6.00. The van der Waals surface area contributed by atoms with Gasteiger partial charge in [-0.15, -0.1) is 0 Å². The second-order valence-corrected chi connectivity index (χ2v) is 4.51. The van der Waals surface area contributed by atoms with Crippen LogP contribution in [0.4, 0.5) is 0 Å². The molecule has 0 heterocycles. The molecule has 0 atom stereocenters. The van der Waals surface area contributed by atoms with Gasteiger partial charge in [-0.1, -0.05) is 26.7 Å². The molecule has 1 amide bonds. The lowest BCUT2D eigenvalue weighted by molar-refractivity contribution is -0.808. The molecule has 2 heteroatoms. The van der Waals surface area contributed by atoms with E-state index in [1.165, 1.54) is 25.7 Å². The Morgan fingerprint density at radius 3 is 1.92 bits per heavy atom. The van der Waals surface area contributed by atoms with Crippen molar-refractivity contribution in [3.05, 3.63) is 0 Å². The van der Waals surface area contributed by atoms with Crippen molar-refractivity contribution in [1.82, 2.24) is 0 Å². The topological polar surface area (TPSA) is 17.1 Å². The van der Waals surface area contributed by atoms with Crippen molar-refractivity contribution in [2.45, 2.75) is 39.5 Å². The van der Waals surface area contributed by atoms with Crippen molar-refractivity contribution in [1.29, 1.82) is 0 Å². The van der Waals surface area contributed by atoms with Gasteiger partial charge in [0.2, 0.25) is 0 Å². The van der Waals surface area contributed by atoms with Gasteiger partial charge in [-0.25, -0.2) is 4.79 Å². The number of quaternary nitrogens is 1. The molecule has 0 radical (unpaired) electrons. The van der Waals surface area contributed by atoms with Crippen LogP contribution in [0.2, 0.25) is 0 Å². The first kappa shape index (κ1) is 12.6. The van der Waals surface area contributed by atoms with E-state index in [2.05, 4.69) is 13.8 Å². The van der Waals surface area contributed by atoms with Gasteiger partial charge < -0.3 is 0 Å². The molecule has 0 saturated carbocycles. The van der Waals surface area contributed by atoms with E-state index in [0.717, 1.165) is 18.9 Å². The van der Waals surface area contributed by atoms with Crippen LogP contribution in [-0.4, -0.2) is 31.5 Å². The molecule has 0 N–H and O–H groups in total. The standard InChI is InChI=1S/C11H24NO/c1-5-7-11(8-6-2)9-12(3,4)10-13/h10-11H,5-9H2,1-4H3/q+1.